The number of rotatable bonds is 4. The molecule has 0 radical (unpaired) electrons. The molecule has 0 fully saturated rings. The van der Waals surface area contributed by atoms with Crippen LogP contribution in [0, 0.1) is 13.8 Å². The van der Waals surface area contributed by atoms with E-state index >= 15 is 0 Å². The Balaban J connectivity index is 2.47. The van der Waals surface area contributed by atoms with Gasteiger partial charge in [0, 0.05) is 5.56 Å². The molecule has 0 amide bonds. The molecule has 0 aliphatic rings. The summed E-state index contributed by atoms with van der Waals surface area (Å²) in [5, 5.41) is 0.322. The maximum absolute atomic E-state index is 12.6. The zero-order valence-electron chi connectivity index (χ0n) is 12.2. The summed E-state index contributed by atoms with van der Waals surface area (Å²) in [6.07, 6.45) is 0. The Morgan fingerprint density at radius 2 is 1.90 bits per heavy atom. The van der Waals surface area contributed by atoms with Gasteiger partial charge in [0.25, 0.3) is 0 Å². The lowest BCUT2D eigenvalue weighted by Crippen LogP contribution is -2.09. The third kappa shape index (κ3) is 2.83. The van der Waals surface area contributed by atoms with Crippen LogP contribution in [0.2, 0.25) is 0 Å². The van der Waals surface area contributed by atoms with Crippen LogP contribution in [0.4, 0.5) is 5.00 Å². The summed E-state index contributed by atoms with van der Waals surface area (Å²) in [6.45, 7) is 5.61. The van der Waals surface area contributed by atoms with Gasteiger partial charge >= 0.3 is 5.97 Å². The minimum Gasteiger partial charge on any atom is -0.462 e. The van der Waals surface area contributed by atoms with E-state index in [1.165, 1.54) is 0 Å². The van der Waals surface area contributed by atoms with Crippen molar-refractivity contribution in [2.75, 3.05) is 12.3 Å². The average Bonchev–Trinajstić information content (AvgIpc) is 2.74. The van der Waals surface area contributed by atoms with E-state index in [1.807, 2.05) is 25.1 Å². The van der Waals surface area contributed by atoms with E-state index in [0.717, 1.165) is 16.9 Å². The molecule has 0 saturated heterocycles. The van der Waals surface area contributed by atoms with Crippen molar-refractivity contribution in [1.29, 1.82) is 0 Å². The fourth-order valence-electron chi connectivity index (χ4n) is 2.16. The standard InChI is InChI=1S/C16H17NO3S/c1-4-20-16(19)12-10(3)14(21-15(12)17)13(18)11-8-6-5-7-9(11)2/h5-8H,4,17H2,1-3H3. The number of esters is 1. The van der Waals surface area contributed by atoms with Crippen molar-refractivity contribution in [3.8, 4) is 0 Å². The number of hydrogen-bond donors (Lipinski definition) is 1. The minimum absolute atomic E-state index is 0.113. The van der Waals surface area contributed by atoms with E-state index in [4.69, 9.17) is 10.5 Å². The molecule has 2 N–H and O–H groups in total. The molecule has 4 nitrogen and oxygen atoms in total. The molecule has 0 bridgehead atoms. The van der Waals surface area contributed by atoms with E-state index in [-0.39, 0.29) is 12.4 Å². The molecule has 2 rings (SSSR count). The number of nitrogen functional groups attached to an aromatic ring is 1. The molecule has 0 saturated carbocycles. The highest BCUT2D eigenvalue weighted by atomic mass is 32.1. The molecule has 1 aromatic heterocycles. The second kappa shape index (κ2) is 6.10. The number of carbonyl (C=O) groups excluding carboxylic acids is 2. The van der Waals surface area contributed by atoms with Gasteiger partial charge in [0.1, 0.15) is 5.00 Å². The first-order chi connectivity index (χ1) is 9.97. The summed E-state index contributed by atoms with van der Waals surface area (Å²) >= 11 is 1.13. The van der Waals surface area contributed by atoms with Gasteiger partial charge in [0.05, 0.1) is 17.0 Å². The first-order valence-electron chi connectivity index (χ1n) is 6.63. The van der Waals surface area contributed by atoms with E-state index in [0.29, 0.717) is 26.6 Å². The SMILES string of the molecule is CCOC(=O)c1c(N)sc(C(=O)c2ccccc2C)c1C. The number of hydrogen-bond acceptors (Lipinski definition) is 5. The predicted molar refractivity (Wildman–Crippen MR) is 84.0 cm³/mol. The van der Waals surface area contributed by atoms with Crippen LogP contribution >= 0.6 is 11.3 Å². The van der Waals surface area contributed by atoms with Crippen LogP contribution in [0.1, 0.15) is 43.6 Å². The normalized spacial score (nSPS) is 10.4. The Morgan fingerprint density at radius 1 is 1.24 bits per heavy atom. The summed E-state index contributed by atoms with van der Waals surface area (Å²) in [7, 11) is 0. The average molecular weight is 303 g/mol. The Morgan fingerprint density at radius 3 is 2.52 bits per heavy atom. The Labute approximate surface area is 127 Å². The van der Waals surface area contributed by atoms with Gasteiger partial charge in [-0.05, 0) is 31.9 Å². The monoisotopic (exact) mass is 303 g/mol. The third-order valence-electron chi connectivity index (χ3n) is 3.25. The van der Waals surface area contributed by atoms with Gasteiger partial charge in [-0.15, -0.1) is 11.3 Å². The van der Waals surface area contributed by atoms with Crippen molar-refractivity contribution in [1.82, 2.24) is 0 Å². The van der Waals surface area contributed by atoms with Gasteiger partial charge in [-0.2, -0.15) is 0 Å². The number of ketones is 1. The fourth-order valence-corrected chi connectivity index (χ4v) is 3.18. The van der Waals surface area contributed by atoms with Crippen molar-refractivity contribution in [3.05, 3.63) is 51.4 Å². The zero-order chi connectivity index (χ0) is 15.6. The molecule has 0 spiro atoms. The lowest BCUT2D eigenvalue weighted by atomic mass is 10.0. The highest BCUT2D eigenvalue weighted by molar-refractivity contribution is 7.18. The maximum Gasteiger partial charge on any atom is 0.341 e. The van der Waals surface area contributed by atoms with Gasteiger partial charge in [-0.1, -0.05) is 24.3 Å². The summed E-state index contributed by atoms with van der Waals surface area (Å²) in [5.74, 6) is -0.592. The highest BCUT2D eigenvalue weighted by Crippen LogP contribution is 2.33. The quantitative estimate of drug-likeness (QED) is 0.694. The lowest BCUT2D eigenvalue weighted by Gasteiger charge is -2.04. The highest BCUT2D eigenvalue weighted by Gasteiger charge is 2.25. The molecular weight excluding hydrogens is 286 g/mol. The third-order valence-corrected chi connectivity index (χ3v) is 4.37. The van der Waals surface area contributed by atoms with Gasteiger partial charge in [0.2, 0.25) is 5.78 Å². The number of ether oxygens (including phenoxy) is 1. The molecule has 0 aliphatic carbocycles. The molecule has 21 heavy (non-hydrogen) atoms. The Hall–Kier alpha value is -2.14. The number of nitrogens with two attached hydrogens (primary N) is 1. The molecule has 0 atom stereocenters. The van der Waals surface area contributed by atoms with Crippen molar-refractivity contribution in [3.63, 3.8) is 0 Å². The molecule has 1 aromatic carbocycles. The van der Waals surface area contributed by atoms with Crippen molar-refractivity contribution >= 4 is 28.1 Å². The zero-order valence-corrected chi connectivity index (χ0v) is 13.0. The fraction of sp³-hybridized carbons (Fsp3) is 0.250. The number of thiophene rings is 1. The van der Waals surface area contributed by atoms with Gasteiger partial charge in [-0.25, -0.2) is 4.79 Å². The molecule has 5 heteroatoms. The van der Waals surface area contributed by atoms with Gasteiger partial charge in [-0.3, -0.25) is 4.79 Å². The molecule has 2 aromatic rings. The molecule has 110 valence electrons. The van der Waals surface area contributed by atoms with E-state index < -0.39 is 5.97 Å². The summed E-state index contributed by atoms with van der Waals surface area (Å²) in [5.41, 5.74) is 8.30. The Kier molecular flexibility index (Phi) is 4.43. The second-order valence-corrected chi connectivity index (χ2v) is 5.71. The first kappa shape index (κ1) is 15.3. The van der Waals surface area contributed by atoms with Crippen LogP contribution < -0.4 is 5.73 Å². The van der Waals surface area contributed by atoms with Crippen LogP contribution in [0.5, 0.6) is 0 Å². The number of carbonyl (C=O) groups is 2. The molecule has 1 heterocycles. The minimum atomic E-state index is -0.479. The number of anilines is 1. The van der Waals surface area contributed by atoms with Crippen molar-refractivity contribution in [2.24, 2.45) is 0 Å². The van der Waals surface area contributed by atoms with Crippen LogP contribution in [-0.2, 0) is 4.74 Å². The van der Waals surface area contributed by atoms with Crippen molar-refractivity contribution in [2.45, 2.75) is 20.8 Å². The van der Waals surface area contributed by atoms with Crippen LogP contribution in [0.3, 0.4) is 0 Å². The van der Waals surface area contributed by atoms with Crippen LogP contribution in [0.15, 0.2) is 24.3 Å². The topological polar surface area (TPSA) is 69.4 Å². The number of aryl methyl sites for hydroxylation is 1. The van der Waals surface area contributed by atoms with E-state index in [9.17, 15) is 9.59 Å². The van der Waals surface area contributed by atoms with Crippen molar-refractivity contribution < 1.29 is 14.3 Å². The van der Waals surface area contributed by atoms with E-state index in [1.54, 1.807) is 19.9 Å². The smallest absolute Gasteiger partial charge is 0.341 e. The molecular formula is C16H17NO3S. The summed E-state index contributed by atoms with van der Waals surface area (Å²) < 4.78 is 4.99. The van der Waals surface area contributed by atoms with Gasteiger partial charge < -0.3 is 10.5 Å². The number of benzene rings is 1. The van der Waals surface area contributed by atoms with E-state index in [2.05, 4.69) is 0 Å². The van der Waals surface area contributed by atoms with Crippen LogP contribution in [0.25, 0.3) is 0 Å². The second-order valence-electron chi connectivity index (χ2n) is 4.66. The van der Waals surface area contributed by atoms with Crippen LogP contribution in [-0.4, -0.2) is 18.4 Å². The molecule has 0 unspecified atom stereocenters. The maximum atomic E-state index is 12.6. The first-order valence-corrected chi connectivity index (χ1v) is 7.45. The predicted octanol–water partition coefficient (Wildman–Crippen LogP) is 3.35. The Bertz CT molecular complexity index is 704. The van der Waals surface area contributed by atoms with Gasteiger partial charge in [0.15, 0.2) is 0 Å². The largest absolute Gasteiger partial charge is 0.462 e. The summed E-state index contributed by atoms with van der Waals surface area (Å²) in [4.78, 5) is 25.0. The lowest BCUT2D eigenvalue weighted by molar-refractivity contribution is 0.0527. The molecule has 0 aliphatic heterocycles. The summed E-state index contributed by atoms with van der Waals surface area (Å²) in [6, 6.07) is 7.35.